The van der Waals surface area contributed by atoms with Gasteiger partial charge in [0.15, 0.2) is 5.96 Å². The molecule has 1 aromatic carbocycles. The Balaban J connectivity index is 2.11. The molecule has 1 saturated heterocycles. The van der Waals surface area contributed by atoms with Crippen LogP contribution in [0.3, 0.4) is 0 Å². The van der Waals surface area contributed by atoms with Gasteiger partial charge < -0.3 is 20.1 Å². The minimum Gasteiger partial charge on any atom is -0.383 e. The van der Waals surface area contributed by atoms with Crippen LogP contribution < -0.4 is 10.6 Å². The molecule has 0 bridgehead atoms. The highest BCUT2D eigenvalue weighted by molar-refractivity contribution is 6.30. The molecule has 1 aliphatic rings. The third kappa shape index (κ3) is 6.96. The number of nitrogens with one attached hydrogen (secondary N) is 2. The predicted molar refractivity (Wildman–Crippen MR) is 112 cm³/mol. The molecule has 1 fully saturated rings. The van der Waals surface area contributed by atoms with Crippen molar-refractivity contribution in [1.82, 2.24) is 15.5 Å². The van der Waals surface area contributed by atoms with Gasteiger partial charge in [0.25, 0.3) is 0 Å². The van der Waals surface area contributed by atoms with Gasteiger partial charge in [-0.25, -0.2) is 0 Å². The lowest BCUT2D eigenvalue weighted by Crippen LogP contribution is -2.52. The Bertz CT molecular complexity index is 607. The number of hydrogen-bond donors (Lipinski definition) is 2. The molecule has 1 aliphatic heterocycles. The number of methoxy groups -OCH3 is 1. The van der Waals surface area contributed by atoms with E-state index in [2.05, 4.69) is 53.4 Å². The van der Waals surface area contributed by atoms with Crippen molar-refractivity contribution >= 4 is 17.6 Å². The molecule has 2 unspecified atom stereocenters. The average molecular weight is 397 g/mol. The van der Waals surface area contributed by atoms with Crippen LogP contribution in [0.15, 0.2) is 29.3 Å². The summed E-state index contributed by atoms with van der Waals surface area (Å²) in [5, 5.41) is 7.57. The van der Waals surface area contributed by atoms with Crippen molar-refractivity contribution in [3.05, 3.63) is 34.9 Å². The molecule has 0 saturated carbocycles. The van der Waals surface area contributed by atoms with Crippen LogP contribution in [-0.4, -0.2) is 69.5 Å². The zero-order valence-electron chi connectivity index (χ0n) is 17.1. The summed E-state index contributed by atoms with van der Waals surface area (Å²) in [7, 11) is 3.48. The molecule has 152 valence electrons. The first kappa shape index (κ1) is 22.0. The highest BCUT2D eigenvalue weighted by Gasteiger charge is 2.32. The molecule has 1 aromatic rings. The van der Waals surface area contributed by atoms with E-state index >= 15 is 0 Å². The Hall–Kier alpha value is -1.34. The second kappa shape index (κ2) is 10.3. The first-order valence-corrected chi connectivity index (χ1v) is 9.82. The van der Waals surface area contributed by atoms with E-state index in [9.17, 15) is 0 Å². The number of halogens is 1. The summed E-state index contributed by atoms with van der Waals surface area (Å²) in [6, 6.07) is 8.47. The molecular formula is C20H33ClN4O2. The molecule has 0 spiro atoms. The fourth-order valence-electron chi connectivity index (χ4n) is 3.37. The molecule has 0 aliphatic carbocycles. The van der Waals surface area contributed by atoms with Gasteiger partial charge >= 0.3 is 0 Å². The third-order valence-corrected chi connectivity index (χ3v) is 4.89. The van der Waals surface area contributed by atoms with Crippen molar-refractivity contribution in [2.45, 2.75) is 38.5 Å². The summed E-state index contributed by atoms with van der Waals surface area (Å²) < 4.78 is 11.1. The number of guanidine groups is 1. The average Bonchev–Trinajstić information content (AvgIpc) is 2.61. The van der Waals surface area contributed by atoms with Gasteiger partial charge in [0, 0.05) is 44.9 Å². The molecular weight excluding hydrogens is 364 g/mol. The topological polar surface area (TPSA) is 58.1 Å². The SMILES string of the molecule is CN=C(NCC(c1ccc(Cl)cc1)N1CCOC(C)(C)C1)NC(C)COC. The monoisotopic (exact) mass is 396 g/mol. The lowest BCUT2D eigenvalue weighted by molar-refractivity contribution is -0.0971. The van der Waals surface area contributed by atoms with Crippen LogP contribution in [0.1, 0.15) is 32.4 Å². The highest BCUT2D eigenvalue weighted by Crippen LogP contribution is 2.27. The number of benzene rings is 1. The second-order valence-electron chi connectivity index (χ2n) is 7.60. The minimum absolute atomic E-state index is 0.157. The molecule has 0 radical (unpaired) electrons. The van der Waals surface area contributed by atoms with Gasteiger partial charge in [-0.15, -0.1) is 0 Å². The van der Waals surface area contributed by atoms with Crippen molar-refractivity contribution in [2.75, 3.05) is 47.0 Å². The summed E-state index contributed by atoms with van der Waals surface area (Å²) >= 11 is 6.09. The van der Waals surface area contributed by atoms with Gasteiger partial charge in [0.05, 0.1) is 24.9 Å². The molecule has 7 heteroatoms. The van der Waals surface area contributed by atoms with Crippen molar-refractivity contribution in [3.8, 4) is 0 Å². The maximum absolute atomic E-state index is 6.09. The minimum atomic E-state index is -0.157. The quantitative estimate of drug-likeness (QED) is 0.548. The molecule has 2 atom stereocenters. The fourth-order valence-corrected chi connectivity index (χ4v) is 3.50. The number of morpholine rings is 1. The summed E-state index contributed by atoms with van der Waals surface area (Å²) in [6.07, 6.45) is 0. The van der Waals surface area contributed by atoms with Gasteiger partial charge in [0.1, 0.15) is 0 Å². The maximum Gasteiger partial charge on any atom is 0.191 e. The molecule has 0 amide bonds. The van der Waals surface area contributed by atoms with E-state index < -0.39 is 0 Å². The van der Waals surface area contributed by atoms with Crippen LogP contribution >= 0.6 is 11.6 Å². The van der Waals surface area contributed by atoms with Crippen molar-refractivity contribution in [3.63, 3.8) is 0 Å². The van der Waals surface area contributed by atoms with Gasteiger partial charge in [-0.05, 0) is 38.5 Å². The lowest BCUT2D eigenvalue weighted by atomic mass is 10.0. The summed E-state index contributed by atoms with van der Waals surface area (Å²) in [4.78, 5) is 6.80. The second-order valence-corrected chi connectivity index (χ2v) is 8.04. The largest absolute Gasteiger partial charge is 0.383 e. The van der Waals surface area contributed by atoms with Crippen LogP contribution in [0.2, 0.25) is 5.02 Å². The number of rotatable bonds is 7. The third-order valence-electron chi connectivity index (χ3n) is 4.64. The molecule has 2 rings (SSSR count). The van der Waals surface area contributed by atoms with Crippen molar-refractivity contribution in [2.24, 2.45) is 4.99 Å². The molecule has 6 nitrogen and oxygen atoms in total. The number of hydrogen-bond acceptors (Lipinski definition) is 4. The van der Waals surface area contributed by atoms with E-state index in [1.54, 1.807) is 14.2 Å². The van der Waals surface area contributed by atoms with E-state index in [-0.39, 0.29) is 17.7 Å². The standard InChI is InChI=1S/C20H33ClN4O2/c1-15(13-26-5)24-19(22-4)23-12-18(16-6-8-17(21)9-7-16)25-10-11-27-20(2,3)14-25/h6-9,15,18H,10-14H2,1-5H3,(H2,22,23,24). The van der Waals surface area contributed by atoms with Crippen molar-refractivity contribution < 1.29 is 9.47 Å². The van der Waals surface area contributed by atoms with E-state index in [0.717, 1.165) is 37.2 Å². The highest BCUT2D eigenvalue weighted by atomic mass is 35.5. The summed E-state index contributed by atoms with van der Waals surface area (Å²) in [5.74, 6) is 0.769. The Morgan fingerprint density at radius 1 is 1.37 bits per heavy atom. The van der Waals surface area contributed by atoms with Crippen LogP contribution in [0.25, 0.3) is 0 Å². The Kier molecular flexibility index (Phi) is 8.35. The maximum atomic E-state index is 6.09. The van der Waals surface area contributed by atoms with E-state index in [1.807, 2.05) is 12.1 Å². The van der Waals surface area contributed by atoms with E-state index in [0.29, 0.717) is 6.61 Å². The first-order valence-electron chi connectivity index (χ1n) is 9.44. The normalized spacial score (nSPS) is 20.1. The number of aliphatic imine (C=N–C) groups is 1. The van der Waals surface area contributed by atoms with Gasteiger partial charge in [-0.1, -0.05) is 23.7 Å². The fraction of sp³-hybridized carbons (Fsp3) is 0.650. The van der Waals surface area contributed by atoms with Gasteiger partial charge in [-0.3, -0.25) is 9.89 Å². The predicted octanol–water partition coefficient (Wildman–Crippen LogP) is 2.69. The Morgan fingerprint density at radius 2 is 2.07 bits per heavy atom. The Labute approximate surface area is 168 Å². The summed E-state index contributed by atoms with van der Waals surface area (Å²) in [5.41, 5.74) is 1.07. The number of nitrogens with zero attached hydrogens (tertiary/aromatic N) is 2. The first-order chi connectivity index (χ1) is 12.8. The van der Waals surface area contributed by atoms with Gasteiger partial charge in [0.2, 0.25) is 0 Å². The molecule has 27 heavy (non-hydrogen) atoms. The lowest BCUT2D eigenvalue weighted by Gasteiger charge is -2.42. The zero-order valence-corrected chi connectivity index (χ0v) is 17.8. The summed E-state index contributed by atoms with van der Waals surface area (Å²) in [6.45, 7) is 10.2. The van der Waals surface area contributed by atoms with Crippen molar-refractivity contribution in [1.29, 1.82) is 0 Å². The Morgan fingerprint density at radius 3 is 2.67 bits per heavy atom. The van der Waals surface area contributed by atoms with Crippen LogP contribution in [0, 0.1) is 0 Å². The van der Waals surface area contributed by atoms with Gasteiger partial charge in [-0.2, -0.15) is 0 Å². The van der Waals surface area contributed by atoms with Crippen LogP contribution in [-0.2, 0) is 9.47 Å². The zero-order chi connectivity index (χ0) is 19.9. The molecule has 0 aromatic heterocycles. The number of ether oxygens (including phenoxy) is 2. The van der Waals surface area contributed by atoms with Crippen LogP contribution in [0.4, 0.5) is 0 Å². The van der Waals surface area contributed by atoms with E-state index in [1.165, 1.54) is 5.56 Å². The molecule has 2 N–H and O–H groups in total. The molecule has 1 heterocycles. The smallest absolute Gasteiger partial charge is 0.191 e. The van der Waals surface area contributed by atoms with E-state index in [4.69, 9.17) is 21.1 Å². The van der Waals surface area contributed by atoms with Crippen LogP contribution in [0.5, 0.6) is 0 Å².